The summed E-state index contributed by atoms with van der Waals surface area (Å²) >= 11 is 0. The standard InChI is InChI=1S/C19H21N3O3/c1-11-10-25-17-5-4-13(8-15(11)17)21-19(23)14-6-7-24-18(14)16-9-20-22(3)12(16)2/h4-5,8-10,14,18H,6-7H2,1-3H3,(H,21,23)/t14-,18-/m0/s1. The Morgan fingerprint density at radius 2 is 2.20 bits per heavy atom. The highest BCUT2D eigenvalue weighted by atomic mass is 16.5. The predicted molar refractivity (Wildman–Crippen MR) is 94.3 cm³/mol. The molecule has 0 bridgehead atoms. The highest BCUT2D eigenvalue weighted by molar-refractivity contribution is 5.95. The molecule has 1 amide bonds. The first kappa shape index (κ1) is 15.9. The van der Waals surface area contributed by atoms with Crippen LogP contribution in [0.3, 0.4) is 0 Å². The molecule has 2 aromatic heterocycles. The van der Waals surface area contributed by atoms with Crippen LogP contribution < -0.4 is 5.32 Å². The molecule has 0 spiro atoms. The fraction of sp³-hybridized carbons (Fsp3) is 0.368. The normalized spacial score (nSPS) is 20.3. The fourth-order valence-electron chi connectivity index (χ4n) is 3.43. The first-order valence-corrected chi connectivity index (χ1v) is 8.43. The number of aryl methyl sites for hydroxylation is 2. The monoisotopic (exact) mass is 339 g/mol. The molecule has 1 fully saturated rings. The van der Waals surface area contributed by atoms with Crippen molar-refractivity contribution in [3.05, 3.63) is 47.5 Å². The van der Waals surface area contributed by atoms with E-state index in [0.717, 1.165) is 33.5 Å². The Balaban J connectivity index is 1.56. The summed E-state index contributed by atoms with van der Waals surface area (Å²) in [5.41, 5.74) is 4.67. The largest absolute Gasteiger partial charge is 0.464 e. The van der Waals surface area contributed by atoms with Crippen molar-refractivity contribution in [2.45, 2.75) is 26.4 Å². The third kappa shape index (κ3) is 2.72. The number of fused-ring (bicyclic) bond motifs is 1. The number of carbonyl (C=O) groups is 1. The number of furan rings is 1. The summed E-state index contributed by atoms with van der Waals surface area (Å²) in [4.78, 5) is 12.8. The molecule has 0 unspecified atom stereocenters. The van der Waals surface area contributed by atoms with Crippen LogP contribution in [0.4, 0.5) is 5.69 Å². The number of aromatic nitrogens is 2. The summed E-state index contributed by atoms with van der Waals surface area (Å²) in [6, 6.07) is 5.70. The zero-order valence-electron chi connectivity index (χ0n) is 14.6. The van der Waals surface area contributed by atoms with Gasteiger partial charge in [-0.15, -0.1) is 0 Å². The summed E-state index contributed by atoms with van der Waals surface area (Å²) in [5.74, 6) is -0.240. The predicted octanol–water partition coefficient (Wildman–Crippen LogP) is 3.50. The van der Waals surface area contributed by atoms with Crippen molar-refractivity contribution in [2.24, 2.45) is 13.0 Å². The van der Waals surface area contributed by atoms with Crippen molar-refractivity contribution in [1.29, 1.82) is 0 Å². The minimum absolute atomic E-state index is 0.0220. The van der Waals surface area contributed by atoms with Gasteiger partial charge in [0.25, 0.3) is 0 Å². The van der Waals surface area contributed by atoms with E-state index in [1.807, 2.05) is 43.8 Å². The smallest absolute Gasteiger partial charge is 0.230 e. The van der Waals surface area contributed by atoms with Gasteiger partial charge < -0.3 is 14.5 Å². The molecular formula is C19H21N3O3. The number of hydrogen-bond donors (Lipinski definition) is 1. The van der Waals surface area contributed by atoms with Crippen LogP contribution in [0.1, 0.15) is 29.3 Å². The molecular weight excluding hydrogens is 318 g/mol. The van der Waals surface area contributed by atoms with Gasteiger partial charge in [-0.3, -0.25) is 9.48 Å². The second kappa shape index (κ2) is 6.04. The average Bonchev–Trinajstić information content (AvgIpc) is 3.29. The Morgan fingerprint density at radius 3 is 2.96 bits per heavy atom. The van der Waals surface area contributed by atoms with Gasteiger partial charge >= 0.3 is 0 Å². The summed E-state index contributed by atoms with van der Waals surface area (Å²) in [6.07, 6.45) is 3.99. The van der Waals surface area contributed by atoms with E-state index >= 15 is 0 Å². The highest BCUT2D eigenvalue weighted by Crippen LogP contribution is 2.37. The van der Waals surface area contributed by atoms with Gasteiger partial charge in [0.15, 0.2) is 0 Å². The molecule has 0 saturated carbocycles. The number of nitrogens with zero attached hydrogens (tertiary/aromatic N) is 2. The number of rotatable bonds is 3. The molecule has 0 aliphatic carbocycles. The number of nitrogens with one attached hydrogen (secondary N) is 1. The number of benzene rings is 1. The molecule has 1 aliphatic heterocycles. The van der Waals surface area contributed by atoms with Crippen LogP contribution in [0.2, 0.25) is 0 Å². The maximum absolute atomic E-state index is 12.8. The number of amides is 1. The van der Waals surface area contributed by atoms with Crippen LogP contribution in [0, 0.1) is 19.8 Å². The van der Waals surface area contributed by atoms with Gasteiger partial charge in [-0.2, -0.15) is 5.10 Å². The molecule has 2 atom stereocenters. The maximum Gasteiger partial charge on any atom is 0.230 e. The average molecular weight is 339 g/mol. The SMILES string of the molecule is Cc1coc2ccc(NC(=O)[C@H]3CCO[C@@H]3c3cnn(C)c3C)cc12. The Labute approximate surface area is 145 Å². The number of anilines is 1. The lowest BCUT2D eigenvalue weighted by atomic mass is 9.95. The third-order valence-corrected chi connectivity index (χ3v) is 5.04. The van der Waals surface area contributed by atoms with E-state index in [9.17, 15) is 4.79 Å². The van der Waals surface area contributed by atoms with E-state index in [2.05, 4.69) is 10.4 Å². The van der Waals surface area contributed by atoms with E-state index in [-0.39, 0.29) is 17.9 Å². The summed E-state index contributed by atoms with van der Waals surface area (Å²) in [5, 5.41) is 8.32. The van der Waals surface area contributed by atoms with Gasteiger partial charge in [-0.25, -0.2) is 0 Å². The van der Waals surface area contributed by atoms with Crippen molar-refractivity contribution in [2.75, 3.05) is 11.9 Å². The molecule has 1 aromatic carbocycles. The van der Waals surface area contributed by atoms with E-state index in [1.54, 1.807) is 12.5 Å². The second-order valence-corrected chi connectivity index (χ2v) is 6.61. The van der Waals surface area contributed by atoms with Gasteiger partial charge in [-0.05, 0) is 44.0 Å². The Kier molecular flexibility index (Phi) is 3.84. The minimum atomic E-state index is -0.243. The first-order valence-electron chi connectivity index (χ1n) is 8.43. The molecule has 0 radical (unpaired) electrons. The quantitative estimate of drug-likeness (QED) is 0.793. The van der Waals surface area contributed by atoms with Crippen LogP contribution in [0.25, 0.3) is 11.0 Å². The molecule has 6 heteroatoms. The van der Waals surface area contributed by atoms with Gasteiger partial charge in [0, 0.05) is 36.0 Å². The molecule has 3 aromatic rings. The molecule has 4 rings (SSSR count). The topological polar surface area (TPSA) is 69.3 Å². The number of hydrogen-bond acceptors (Lipinski definition) is 4. The van der Waals surface area contributed by atoms with Crippen LogP contribution in [-0.2, 0) is 16.6 Å². The Bertz CT molecular complexity index is 941. The minimum Gasteiger partial charge on any atom is -0.464 e. The van der Waals surface area contributed by atoms with Crippen molar-refractivity contribution < 1.29 is 13.9 Å². The summed E-state index contributed by atoms with van der Waals surface area (Å²) in [7, 11) is 1.89. The molecule has 6 nitrogen and oxygen atoms in total. The highest BCUT2D eigenvalue weighted by Gasteiger charge is 2.37. The van der Waals surface area contributed by atoms with E-state index in [1.165, 1.54) is 0 Å². The second-order valence-electron chi connectivity index (χ2n) is 6.61. The molecule has 130 valence electrons. The zero-order valence-corrected chi connectivity index (χ0v) is 14.6. The lowest BCUT2D eigenvalue weighted by Crippen LogP contribution is -2.25. The van der Waals surface area contributed by atoms with Gasteiger partial charge in [0.2, 0.25) is 5.91 Å². The van der Waals surface area contributed by atoms with Crippen molar-refractivity contribution in [3.8, 4) is 0 Å². The van der Waals surface area contributed by atoms with Gasteiger partial charge in [0.1, 0.15) is 5.58 Å². The summed E-state index contributed by atoms with van der Waals surface area (Å²) < 4.78 is 13.1. The van der Waals surface area contributed by atoms with Crippen molar-refractivity contribution >= 4 is 22.6 Å². The number of carbonyl (C=O) groups excluding carboxylic acids is 1. The lowest BCUT2D eigenvalue weighted by molar-refractivity contribution is -0.121. The van der Waals surface area contributed by atoms with E-state index < -0.39 is 0 Å². The fourth-order valence-corrected chi connectivity index (χ4v) is 3.43. The van der Waals surface area contributed by atoms with Crippen LogP contribution >= 0.6 is 0 Å². The van der Waals surface area contributed by atoms with Gasteiger partial charge in [0.05, 0.1) is 24.5 Å². The zero-order chi connectivity index (χ0) is 17.6. The van der Waals surface area contributed by atoms with E-state index in [0.29, 0.717) is 13.0 Å². The lowest BCUT2D eigenvalue weighted by Gasteiger charge is -2.18. The number of ether oxygens (including phenoxy) is 1. The first-order chi connectivity index (χ1) is 12.0. The van der Waals surface area contributed by atoms with Crippen molar-refractivity contribution in [3.63, 3.8) is 0 Å². The molecule has 1 N–H and O–H groups in total. The molecule has 1 saturated heterocycles. The summed E-state index contributed by atoms with van der Waals surface area (Å²) in [6.45, 7) is 4.56. The maximum atomic E-state index is 12.8. The third-order valence-electron chi connectivity index (χ3n) is 5.04. The Hall–Kier alpha value is -2.60. The Morgan fingerprint density at radius 1 is 1.36 bits per heavy atom. The molecule has 1 aliphatic rings. The van der Waals surface area contributed by atoms with E-state index in [4.69, 9.17) is 9.15 Å². The molecule has 3 heterocycles. The van der Waals surface area contributed by atoms with Crippen LogP contribution in [0.5, 0.6) is 0 Å². The van der Waals surface area contributed by atoms with Gasteiger partial charge in [-0.1, -0.05) is 0 Å². The molecule has 25 heavy (non-hydrogen) atoms. The van der Waals surface area contributed by atoms with Crippen LogP contribution in [0.15, 0.2) is 35.1 Å². The van der Waals surface area contributed by atoms with Crippen LogP contribution in [-0.4, -0.2) is 22.3 Å². The van der Waals surface area contributed by atoms with Crippen molar-refractivity contribution in [1.82, 2.24) is 9.78 Å².